The van der Waals surface area contributed by atoms with Gasteiger partial charge in [-0.3, -0.25) is 4.68 Å². The number of nitrogens with zero attached hydrogens (tertiary/aromatic N) is 2. The van der Waals surface area contributed by atoms with Crippen LogP contribution in [-0.2, 0) is 7.05 Å². The Morgan fingerprint density at radius 1 is 1.38 bits per heavy atom. The molecule has 2 rings (SSSR count). The Morgan fingerprint density at radius 3 is 2.77 bits per heavy atom. The molecule has 0 radical (unpaired) electrons. The highest BCUT2D eigenvalue weighted by Gasteiger charge is 2.12. The number of aromatic nitrogens is 2. The van der Waals surface area contributed by atoms with Crippen LogP contribution in [0.15, 0.2) is 12.4 Å². The Bertz CT molecular complexity index is 261. The van der Waals surface area contributed by atoms with E-state index in [4.69, 9.17) is 0 Å². The molecule has 0 aromatic carbocycles. The number of hydrogen-bond donors (Lipinski definition) is 1. The number of rotatable bonds is 2. The molecule has 0 amide bonds. The van der Waals surface area contributed by atoms with E-state index in [2.05, 4.69) is 10.4 Å². The van der Waals surface area contributed by atoms with Gasteiger partial charge in [-0.25, -0.2) is 0 Å². The van der Waals surface area contributed by atoms with Crippen LogP contribution in [0, 0.1) is 0 Å². The zero-order valence-electron chi connectivity index (χ0n) is 8.16. The monoisotopic (exact) mass is 179 g/mol. The summed E-state index contributed by atoms with van der Waals surface area (Å²) in [6.07, 6.45) is 10.7. The van der Waals surface area contributed by atoms with Crippen molar-refractivity contribution in [3.63, 3.8) is 0 Å². The molecule has 1 N–H and O–H groups in total. The average Bonchev–Trinajstić information content (AvgIpc) is 2.53. The Balaban J connectivity index is 1.89. The summed E-state index contributed by atoms with van der Waals surface area (Å²) < 4.78 is 1.84. The minimum atomic E-state index is 0.679. The zero-order chi connectivity index (χ0) is 9.10. The molecule has 0 spiro atoms. The van der Waals surface area contributed by atoms with E-state index in [1.165, 1.54) is 32.1 Å². The van der Waals surface area contributed by atoms with Crippen LogP contribution in [0.1, 0.15) is 32.1 Å². The van der Waals surface area contributed by atoms with E-state index in [0.717, 1.165) is 5.69 Å². The fraction of sp³-hybridized carbons (Fsp3) is 0.700. The van der Waals surface area contributed by atoms with E-state index in [1.54, 1.807) is 0 Å². The van der Waals surface area contributed by atoms with Crippen molar-refractivity contribution >= 4 is 5.69 Å². The first-order valence-electron chi connectivity index (χ1n) is 5.10. The molecule has 13 heavy (non-hydrogen) atoms. The number of hydrogen-bond acceptors (Lipinski definition) is 2. The van der Waals surface area contributed by atoms with Crippen molar-refractivity contribution in [3.8, 4) is 0 Å². The molecule has 1 aromatic rings. The van der Waals surface area contributed by atoms with Crippen LogP contribution in [0.5, 0.6) is 0 Å². The molecule has 0 saturated heterocycles. The van der Waals surface area contributed by atoms with Gasteiger partial charge in [0, 0.05) is 19.3 Å². The lowest BCUT2D eigenvalue weighted by Crippen LogP contribution is -2.21. The van der Waals surface area contributed by atoms with Crippen molar-refractivity contribution in [2.45, 2.75) is 38.1 Å². The van der Waals surface area contributed by atoms with Gasteiger partial charge >= 0.3 is 0 Å². The predicted octanol–water partition coefficient (Wildman–Crippen LogP) is 2.16. The molecular weight excluding hydrogens is 162 g/mol. The maximum absolute atomic E-state index is 4.14. The fourth-order valence-electron chi connectivity index (χ4n) is 1.98. The summed E-state index contributed by atoms with van der Waals surface area (Å²) >= 11 is 0. The van der Waals surface area contributed by atoms with Crippen LogP contribution in [0.3, 0.4) is 0 Å². The summed E-state index contributed by atoms with van der Waals surface area (Å²) in [4.78, 5) is 0. The molecule has 72 valence electrons. The second kappa shape index (κ2) is 3.81. The van der Waals surface area contributed by atoms with Crippen LogP contribution >= 0.6 is 0 Å². The third-order valence-electron chi connectivity index (χ3n) is 2.68. The highest BCUT2D eigenvalue weighted by Crippen LogP contribution is 2.20. The highest BCUT2D eigenvalue weighted by atomic mass is 15.3. The van der Waals surface area contributed by atoms with Gasteiger partial charge in [0.25, 0.3) is 0 Å². The van der Waals surface area contributed by atoms with Gasteiger partial charge in [-0.2, -0.15) is 5.10 Å². The number of aryl methyl sites for hydroxylation is 1. The number of nitrogens with one attached hydrogen (secondary N) is 1. The van der Waals surface area contributed by atoms with Crippen molar-refractivity contribution in [1.82, 2.24) is 9.78 Å². The summed E-state index contributed by atoms with van der Waals surface area (Å²) in [5.41, 5.74) is 1.16. The first-order valence-corrected chi connectivity index (χ1v) is 5.10. The lowest BCUT2D eigenvalue weighted by molar-refractivity contribution is 0.463. The molecule has 1 heterocycles. The quantitative estimate of drug-likeness (QED) is 0.754. The maximum atomic E-state index is 4.14. The Morgan fingerprint density at radius 2 is 2.15 bits per heavy atom. The largest absolute Gasteiger partial charge is 0.380 e. The predicted molar refractivity (Wildman–Crippen MR) is 53.7 cm³/mol. The Labute approximate surface area is 79.1 Å². The second-order valence-corrected chi connectivity index (χ2v) is 3.88. The summed E-state index contributed by atoms with van der Waals surface area (Å²) in [6, 6.07) is 0.679. The molecule has 1 aliphatic rings. The standard InChI is InChI=1S/C10H17N3/c1-13-8-10(7-11-13)12-9-5-3-2-4-6-9/h7-9,12H,2-6H2,1H3. The summed E-state index contributed by atoms with van der Waals surface area (Å²) in [5.74, 6) is 0. The van der Waals surface area contributed by atoms with Gasteiger partial charge < -0.3 is 5.32 Å². The van der Waals surface area contributed by atoms with Gasteiger partial charge in [-0.1, -0.05) is 19.3 Å². The molecule has 3 nitrogen and oxygen atoms in total. The molecule has 1 aromatic heterocycles. The van der Waals surface area contributed by atoms with Gasteiger partial charge in [0.1, 0.15) is 0 Å². The van der Waals surface area contributed by atoms with Crippen LogP contribution in [-0.4, -0.2) is 15.8 Å². The molecule has 0 unspecified atom stereocenters. The molecule has 1 aliphatic carbocycles. The van der Waals surface area contributed by atoms with Crippen molar-refractivity contribution in [1.29, 1.82) is 0 Å². The van der Waals surface area contributed by atoms with Crippen LogP contribution in [0.25, 0.3) is 0 Å². The first-order chi connectivity index (χ1) is 6.34. The van der Waals surface area contributed by atoms with E-state index in [0.29, 0.717) is 6.04 Å². The third-order valence-corrected chi connectivity index (χ3v) is 2.68. The van der Waals surface area contributed by atoms with Crippen molar-refractivity contribution < 1.29 is 0 Å². The first kappa shape index (κ1) is 8.60. The van der Waals surface area contributed by atoms with Crippen molar-refractivity contribution in [2.24, 2.45) is 7.05 Å². The van der Waals surface area contributed by atoms with Gasteiger partial charge in [0.2, 0.25) is 0 Å². The minimum Gasteiger partial charge on any atom is -0.380 e. The molecule has 3 heteroatoms. The van der Waals surface area contributed by atoms with E-state index in [-0.39, 0.29) is 0 Å². The van der Waals surface area contributed by atoms with Crippen LogP contribution in [0.2, 0.25) is 0 Å². The zero-order valence-corrected chi connectivity index (χ0v) is 8.16. The van der Waals surface area contributed by atoms with Crippen molar-refractivity contribution in [3.05, 3.63) is 12.4 Å². The van der Waals surface area contributed by atoms with Gasteiger partial charge in [0.05, 0.1) is 11.9 Å². The summed E-state index contributed by atoms with van der Waals surface area (Å²) in [5, 5.41) is 7.65. The van der Waals surface area contributed by atoms with Crippen LogP contribution < -0.4 is 5.32 Å². The van der Waals surface area contributed by atoms with E-state index >= 15 is 0 Å². The fourth-order valence-corrected chi connectivity index (χ4v) is 1.98. The summed E-state index contributed by atoms with van der Waals surface area (Å²) in [7, 11) is 1.95. The lowest BCUT2D eigenvalue weighted by Gasteiger charge is -2.22. The molecule has 1 fully saturated rings. The topological polar surface area (TPSA) is 29.9 Å². The maximum Gasteiger partial charge on any atom is 0.0728 e. The molecule has 1 saturated carbocycles. The second-order valence-electron chi connectivity index (χ2n) is 3.88. The highest BCUT2D eigenvalue weighted by molar-refractivity contribution is 5.39. The van der Waals surface area contributed by atoms with E-state index in [1.807, 2.05) is 24.1 Å². The third kappa shape index (κ3) is 2.23. The number of anilines is 1. The van der Waals surface area contributed by atoms with Gasteiger partial charge in [-0.05, 0) is 12.8 Å². The Kier molecular flexibility index (Phi) is 2.52. The Hall–Kier alpha value is -0.990. The average molecular weight is 179 g/mol. The van der Waals surface area contributed by atoms with E-state index < -0.39 is 0 Å². The molecule has 0 aliphatic heterocycles. The minimum absolute atomic E-state index is 0.679. The van der Waals surface area contributed by atoms with Crippen molar-refractivity contribution in [2.75, 3.05) is 5.32 Å². The SMILES string of the molecule is Cn1cc(NC2CCCCC2)cn1. The lowest BCUT2D eigenvalue weighted by atomic mass is 9.95. The summed E-state index contributed by atoms with van der Waals surface area (Å²) in [6.45, 7) is 0. The van der Waals surface area contributed by atoms with E-state index in [9.17, 15) is 0 Å². The van der Waals surface area contributed by atoms with Crippen LogP contribution in [0.4, 0.5) is 5.69 Å². The molecule has 0 bridgehead atoms. The van der Waals surface area contributed by atoms with Gasteiger partial charge in [-0.15, -0.1) is 0 Å². The normalized spacial score (nSPS) is 18.8. The molecule has 0 atom stereocenters. The molecular formula is C10H17N3. The smallest absolute Gasteiger partial charge is 0.0728 e. The van der Waals surface area contributed by atoms with Gasteiger partial charge in [0.15, 0.2) is 0 Å².